The first-order chi connectivity index (χ1) is 13.7. The summed E-state index contributed by atoms with van der Waals surface area (Å²) in [6.45, 7) is 0. The molecule has 0 aliphatic heterocycles. The second-order valence-electron chi connectivity index (χ2n) is 6.02. The second-order valence-corrected chi connectivity index (χ2v) is 6.45. The Kier molecular flexibility index (Phi) is 5.08. The van der Waals surface area contributed by atoms with E-state index in [2.05, 4.69) is 10.5 Å². The molecule has 2 aromatic carbocycles. The lowest BCUT2D eigenvalue weighted by Crippen LogP contribution is -2.19. The lowest BCUT2D eigenvalue weighted by molar-refractivity contribution is 0.0955. The molecule has 2 heterocycles. The van der Waals surface area contributed by atoms with E-state index in [1.54, 1.807) is 24.3 Å². The summed E-state index contributed by atoms with van der Waals surface area (Å²) in [5.41, 5.74) is 4.76. The van der Waals surface area contributed by atoms with Crippen molar-refractivity contribution in [3.8, 4) is 17.0 Å². The number of rotatable bonds is 5. The quantitative estimate of drug-likeness (QED) is 0.379. The van der Waals surface area contributed by atoms with E-state index in [0.717, 1.165) is 11.3 Å². The minimum Gasteiger partial charge on any atom is -0.455 e. The van der Waals surface area contributed by atoms with Gasteiger partial charge < -0.3 is 8.98 Å². The van der Waals surface area contributed by atoms with Crippen molar-refractivity contribution in [1.82, 2.24) is 9.99 Å². The van der Waals surface area contributed by atoms with Crippen LogP contribution in [-0.4, -0.2) is 16.7 Å². The van der Waals surface area contributed by atoms with Crippen LogP contribution in [0.15, 0.2) is 94.7 Å². The largest absolute Gasteiger partial charge is 0.455 e. The van der Waals surface area contributed by atoms with Gasteiger partial charge in [-0.3, -0.25) is 4.79 Å². The fourth-order valence-electron chi connectivity index (χ4n) is 2.79. The number of furan rings is 1. The molecule has 0 atom stereocenters. The lowest BCUT2D eigenvalue weighted by Gasteiger charge is -2.08. The maximum absolute atomic E-state index is 12.5. The molecule has 1 N–H and O–H groups in total. The molecule has 0 bridgehead atoms. The van der Waals surface area contributed by atoms with Crippen molar-refractivity contribution in [2.75, 3.05) is 0 Å². The van der Waals surface area contributed by atoms with Crippen molar-refractivity contribution in [1.29, 1.82) is 0 Å². The fourth-order valence-corrected chi connectivity index (χ4v) is 2.92. The summed E-state index contributed by atoms with van der Waals surface area (Å²) >= 11 is 5.90. The van der Waals surface area contributed by atoms with E-state index in [4.69, 9.17) is 16.0 Å². The average molecular weight is 390 g/mol. The molecular formula is C22H16ClN3O2. The molecule has 0 saturated carbocycles. The molecule has 0 unspecified atom stereocenters. The third kappa shape index (κ3) is 3.89. The Morgan fingerprint density at radius 1 is 0.964 bits per heavy atom. The van der Waals surface area contributed by atoms with Crippen molar-refractivity contribution >= 4 is 23.7 Å². The van der Waals surface area contributed by atoms with Gasteiger partial charge in [-0.2, -0.15) is 5.10 Å². The highest BCUT2D eigenvalue weighted by Crippen LogP contribution is 2.23. The van der Waals surface area contributed by atoms with Gasteiger partial charge in [-0.25, -0.2) is 5.43 Å². The van der Waals surface area contributed by atoms with Crippen molar-refractivity contribution in [3.05, 3.63) is 102 Å². The molecular weight excluding hydrogens is 374 g/mol. The summed E-state index contributed by atoms with van der Waals surface area (Å²) in [7, 11) is 0. The van der Waals surface area contributed by atoms with Gasteiger partial charge in [-0.15, -0.1) is 0 Å². The molecule has 4 aromatic rings. The van der Waals surface area contributed by atoms with Gasteiger partial charge >= 0.3 is 0 Å². The molecule has 0 saturated heterocycles. The van der Waals surface area contributed by atoms with Gasteiger partial charge in [-0.1, -0.05) is 23.7 Å². The van der Waals surface area contributed by atoms with Crippen molar-refractivity contribution < 1.29 is 9.21 Å². The number of nitrogens with zero attached hydrogens (tertiary/aromatic N) is 2. The van der Waals surface area contributed by atoms with E-state index in [-0.39, 0.29) is 5.91 Å². The predicted octanol–water partition coefficient (Wildman–Crippen LogP) is 5.15. The summed E-state index contributed by atoms with van der Waals surface area (Å²) in [4.78, 5) is 12.5. The number of benzene rings is 2. The Morgan fingerprint density at radius 2 is 1.71 bits per heavy atom. The van der Waals surface area contributed by atoms with Crippen LogP contribution in [0.4, 0.5) is 0 Å². The molecule has 0 fully saturated rings. The maximum atomic E-state index is 12.5. The Bertz CT molecular complexity index is 1110. The zero-order valence-electron chi connectivity index (χ0n) is 14.7. The third-order valence-electron chi connectivity index (χ3n) is 4.14. The summed E-state index contributed by atoms with van der Waals surface area (Å²) in [5, 5.41) is 4.68. The molecule has 4 rings (SSSR count). The first kappa shape index (κ1) is 17.8. The average Bonchev–Trinajstić information content (AvgIpc) is 3.41. The summed E-state index contributed by atoms with van der Waals surface area (Å²) in [5.74, 6) is 0.927. The smallest absolute Gasteiger partial charge is 0.273 e. The number of hydrogen-bond donors (Lipinski definition) is 1. The Balaban J connectivity index is 1.46. The van der Waals surface area contributed by atoms with Crippen LogP contribution in [0, 0.1) is 0 Å². The number of amides is 1. The van der Waals surface area contributed by atoms with E-state index in [9.17, 15) is 4.79 Å². The highest BCUT2D eigenvalue weighted by Gasteiger charge is 2.11. The molecule has 0 aliphatic carbocycles. The summed E-state index contributed by atoms with van der Waals surface area (Å²) < 4.78 is 7.61. The molecule has 1 amide bonds. The van der Waals surface area contributed by atoms with E-state index in [0.29, 0.717) is 22.1 Å². The summed E-state index contributed by atoms with van der Waals surface area (Å²) in [6.07, 6.45) is 5.24. The second kappa shape index (κ2) is 7.98. The van der Waals surface area contributed by atoms with Crippen LogP contribution in [0.1, 0.15) is 16.1 Å². The molecule has 0 radical (unpaired) electrons. The first-order valence-electron chi connectivity index (χ1n) is 8.62. The minimum atomic E-state index is -0.301. The number of hydrogen-bond acceptors (Lipinski definition) is 3. The number of para-hydroxylation sites is 1. The monoisotopic (exact) mass is 389 g/mol. The van der Waals surface area contributed by atoms with E-state index in [1.807, 2.05) is 65.5 Å². The number of hydrazone groups is 1. The highest BCUT2D eigenvalue weighted by atomic mass is 35.5. The van der Waals surface area contributed by atoms with Crippen LogP contribution in [0.3, 0.4) is 0 Å². The SMILES string of the molecule is O=C(N/N=C\c1ccc(-c2ccc(Cl)cc2)o1)c1ccccc1-n1cccc1. The summed E-state index contributed by atoms with van der Waals surface area (Å²) in [6, 6.07) is 22.1. The number of nitrogens with one attached hydrogen (secondary N) is 1. The number of carbonyl (C=O) groups is 1. The van der Waals surface area contributed by atoms with Crippen LogP contribution >= 0.6 is 11.6 Å². The van der Waals surface area contributed by atoms with Crippen LogP contribution in [0.25, 0.3) is 17.0 Å². The van der Waals surface area contributed by atoms with E-state index < -0.39 is 0 Å². The Hall–Kier alpha value is -3.57. The standard InChI is InChI=1S/C22H16ClN3O2/c23-17-9-7-16(8-10-17)21-12-11-18(28-21)15-24-25-22(27)19-5-1-2-6-20(19)26-13-3-4-14-26/h1-15H,(H,25,27)/b24-15-. The zero-order valence-corrected chi connectivity index (χ0v) is 15.5. The van der Waals surface area contributed by atoms with Crippen molar-refractivity contribution in [2.24, 2.45) is 5.10 Å². The maximum Gasteiger partial charge on any atom is 0.273 e. The van der Waals surface area contributed by atoms with Crippen molar-refractivity contribution in [2.45, 2.75) is 0 Å². The predicted molar refractivity (Wildman–Crippen MR) is 110 cm³/mol. The molecule has 138 valence electrons. The number of aromatic nitrogens is 1. The first-order valence-corrected chi connectivity index (χ1v) is 9.00. The molecule has 28 heavy (non-hydrogen) atoms. The normalized spacial score (nSPS) is 11.0. The van der Waals surface area contributed by atoms with Gasteiger partial charge in [0.2, 0.25) is 0 Å². The molecule has 5 nitrogen and oxygen atoms in total. The Morgan fingerprint density at radius 3 is 2.50 bits per heavy atom. The Labute approximate surface area is 166 Å². The minimum absolute atomic E-state index is 0.301. The van der Waals surface area contributed by atoms with Gasteiger partial charge in [0, 0.05) is 23.0 Å². The number of halogens is 1. The van der Waals surface area contributed by atoms with Gasteiger partial charge in [0.25, 0.3) is 5.91 Å². The van der Waals surface area contributed by atoms with E-state index in [1.165, 1.54) is 6.21 Å². The van der Waals surface area contributed by atoms with Crippen molar-refractivity contribution in [3.63, 3.8) is 0 Å². The van der Waals surface area contributed by atoms with Gasteiger partial charge in [0.15, 0.2) is 0 Å². The number of carbonyl (C=O) groups excluding carboxylic acids is 1. The van der Waals surface area contributed by atoms with Crippen LogP contribution in [0.2, 0.25) is 5.02 Å². The zero-order chi connectivity index (χ0) is 19.3. The molecule has 0 spiro atoms. The molecule has 0 aliphatic rings. The van der Waals surface area contributed by atoms with Crippen LogP contribution in [-0.2, 0) is 0 Å². The lowest BCUT2D eigenvalue weighted by atomic mass is 10.1. The van der Waals surface area contributed by atoms with Crippen LogP contribution < -0.4 is 5.43 Å². The van der Waals surface area contributed by atoms with Gasteiger partial charge in [0.1, 0.15) is 11.5 Å². The van der Waals surface area contributed by atoms with Crippen LogP contribution in [0.5, 0.6) is 0 Å². The topological polar surface area (TPSA) is 59.5 Å². The highest BCUT2D eigenvalue weighted by molar-refractivity contribution is 6.30. The third-order valence-corrected chi connectivity index (χ3v) is 4.40. The fraction of sp³-hybridized carbons (Fsp3) is 0. The van der Waals surface area contributed by atoms with Gasteiger partial charge in [-0.05, 0) is 60.7 Å². The van der Waals surface area contributed by atoms with E-state index >= 15 is 0 Å². The molecule has 6 heteroatoms. The molecule has 2 aromatic heterocycles. The van der Waals surface area contributed by atoms with Gasteiger partial charge in [0.05, 0.1) is 17.5 Å².